The fraction of sp³-hybridized carbons (Fsp3) is 0.143. The molecule has 1 unspecified atom stereocenters. The van der Waals surface area contributed by atoms with E-state index in [2.05, 4.69) is 0 Å². The first-order valence-corrected chi connectivity index (χ1v) is 8.70. The summed E-state index contributed by atoms with van der Waals surface area (Å²) in [5.41, 5.74) is 0. The first-order valence-electron chi connectivity index (χ1n) is 5.87. The molecule has 94 valence electrons. The van der Waals surface area contributed by atoms with Crippen molar-refractivity contribution in [1.29, 1.82) is 0 Å². The van der Waals surface area contributed by atoms with Gasteiger partial charge in [-0.3, -0.25) is 0 Å². The molecular weight excluding hydrogens is 264 g/mol. The third-order valence-electron chi connectivity index (χ3n) is 2.44. The Kier molecular flexibility index (Phi) is 4.41. The van der Waals surface area contributed by atoms with E-state index < -0.39 is 7.87 Å². The Morgan fingerprint density at radius 2 is 1.50 bits per heavy atom. The smallest absolute Gasteiger partial charge is 0.507 e. The van der Waals surface area contributed by atoms with Crippen LogP contribution in [0.15, 0.2) is 60.7 Å². The number of para-hydroxylation sites is 1. The molecule has 0 saturated heterocycles. The Morgan fingerprint density at radius 1 is 0.944 bits per heavy atom. The van der Waals surface area contributed by atoms with Crippen LogP contribution < -0.4 is 9.61 Å². The Balaban J connectivity index is 2.27. The van der Waals surface area contributed by atoms with Gasteiger partial charge in [0.2, 0.25) is 0 Å². The van der Waals surface area contributed by atoms with Crippen molar-refractivity contribution in [3.05, 3.63) is 60.7 Å². The molecule has 0 aliphatic rings. The van der Waals surface area contributed by atoms with E-state index in [9.17, 15) is 0 Å². The van der Waals surface area contributed by atoms with Crippen LogP contribution in [0.25, 0.3) is 0 Å². The summed E-state index contributed by atoms with van der Waals surface area (Å²) in [4.78, 5) is 0. The zero-order valence-electron chi connectivity index (χ0n) is 10.2. The molecule has 0 aromatic heterocycles. The van der Waals surface area contributed by atoms with E-state index in [1.54, 1.807) is 0 Å². The van der Waals surface area contributed by atoms with Crippen molar-refractivity contribution in [2.45, 2.75) is 6.92 Å². The lowest BCUT2D eigenvalue weighted by Gasteiger charge is -2.24. The van der Waals surface area contributed by atoms with E-state index >= 15 is 0 Å². The number of hydrogen-bond acceptors (Lipinski definition) is 2. The van der Waals surface area contributed by atoms with Crippen molar-refractivity contribution in [3.63, 3.8) is 0 Å². The molecule has 0 radical (unpaired) electrons. The summed E-state index contributed by atoms with van der Waals surface area (Å²) in [6.07, 6.45) is 0. The Morgan fingerprint density at radius 3 is 2.06 bits per heavy atom. The third kappa shape index (κ3) is 3.13. The number of hydrogen-bond donors (Lipinski definition) is 0. The van der Waals surface area contributed by atoms with Crippen molar-refractivity contribution in [2.75, 3.05) is 6.61 Å². The van der Waals surface area contributed by atoms with Gasteiger partial charge in [-0.1, -0.05) is 59.6 Å². The summed E-state index contributed by atoms with van der Waals surface area (Å²) in [7, 11) is -2.89. The van der Waals surface area contributed by atoms with Gasteiger partial charge in [0.15, 0.2) is 0 Å². The topological polar surface area (TPSA) is 18.5 Å². The standard InChI is InChI=1S/C14H15ClO2Si/c1-2-16-18(15,14-11-7-4-8-12-14)17-13-9-5-3-6-10-13/h3-12H,2H2,1H3. The van der Waals surface area contributed by atoms with Crippen LogP contribution >= 0.6 is 11.1 Å². The van der Waals surface area contributed by atoms with E-state index in [1.807, 2.05) is 67.6 Å². The van der Waals surface area contributed by atoms with Gasteiger partial charge in [0.05, 0.1) is 0 Å². The fourth-order valence-electron chi connectivity index (χ4n) is 1.63. The van der Waals surface area contributed by atoms with Crippen molar-refractivity contribution < 1.29 is 8.85 Å². The number of benzene rings is 2. The maximum absolute atomic E-state index is 6.59. The summed E-state index contributed by atoms with van der Waals surface area (Å²) in [6.45, 7) is 2.44. The van der Waals surface area contributed by atoms with Crippen LogP contribution in [0.1, 0.15) is 6.92 Å². The highest BCUT2D eigenvalue weighted by atomic mass is 35.6. The minimum Gasteiger partial charge on any atom is -0.507 e. The van der Waals surface area contributed by atoms with Crippen LogP contribution in [0.2, 0.25) is 0 Å². The van der Waals surface area contributed by atoms with Gasteiger partial charge >= 0.3 is 7.87 Å². The predicted octanol–water partition coefficient (Wildman–Crippen LogP) is 3.19. The second-order valence-electron chi connectivity index (χ2n) is 3.75. The lowest BCUT2D eigenvalue weighted by Crippen LogP contribution is -2.51. The minimum atomic E-state index is -2.89. The zero-order chi connectivity index (χ0) is 12.8. The molecule has 2 aromatic rings. The molecule has 0 aliphatic heterocycles. The summed E-state index contributed by atoms with van der Waals surface area (Å²) in [5, 5.41) is 0.914. The molecule has 0 heterocycles. The van der Waals surface area contributed by atoms with Gasteiger partial charge in [0.25, 0.3) is 0 Å². The molecule has 0 amide bonds. The van der Waals surface area contributed by atoms with Crippen molar-refractivity contribution >= 4 is 24.1 Å². The Bertz CT molecular complexity index is 478. The predicted molar refractivity (Wildman–Crippen MR) is 76.4 cm³/mol. The quantitative estimate of drug-likeness (QED) is 0.618. The summed E-state index contributed by atoms with van der Waals surface area (Å²) >= 11 is 6.59. The molecule has 0 N–H and O–H groups in total. The summed E-state index contributed by atoms with van der Waals surface area (Å²) in [5.74, 6) is 0.733. The molecule has 0 saturated carbocycles. The average Bonchev–Trinajstić information content (AvgIpc) is 2.41. The van der Waals surface area contributed by atoms with Gasteiger partial charge in [-0.05, 0) is 19.1 Å². The van der Waals surface area contributed by atoms with Crippen LogP contribution in [-0.4, -0.2) is 14.5 Å². The average molecular weight is 279 g/mol. The van der Waals surface area contributed by atoms with Crippen molar-refractivity contribution in [2.24, 2.45) is 0 Å². The molecule has 4 heteroatoms. The van der Waals surface area contributed by atoms with Crippen LogP contribution in [0.5, 0.6) is 5.75 Å². The fourth-order valence-corrected chi connectivity index (χ4v) is 4.35. The van der Waals surface area contributed by atoms with E-state index in [0.29, 0.717) is 6.61 Å². The maximum Gasteiger partial charge on any atom is 0.541 e. The zero-order valence-corrected chi connectivity index (χ0v) is 11.9. The number of rotatable bonds is 5. The molecule has 18 heavy (non-hydrogen) atoms. The van der Waals surface area contributed by atoms with Crippen LogP contribution in [0.4, 0.5) is 0 Å². The highest BCUT2D eigenvalue weighted by Crippen LogP contribution is 2.19. The number of halogens is 1. The van der Waals surface area contributed by atoms with Gasteiger partial charge in [-0.2, -0.15) is 0 Å². The van der Waals surface area contributed by atoms with Crippen molar-refractivity contribution in [3.8, 4) is 5.75 Å². The molecule has 2 nitrogen and oxygen atoms in total. The van der Waals surface area contributed by atoms with Gasteiger partial charge in [0.1, 0.15) is 5.75 Å². The molecule has 0 fully saturated rings. The first kappa shape index (κ1) is 13.1. The van der Waals surface area contributed by atoms with E-state index in [-0.39, 0.29) is 0 Å². The van der Waals surface area contributed by atoms with Crippen LogP contribution in [-0.2, 0) is 4.43 Å². The lowest BCUT2D eigenvalue weighted by atomic mass is 10.3. The second kappa shape index (κ2) is 6.04. The van der Waals surface area contributed by atoms with E-state index in [0.717, 1.165) is 10.9 Å². The van der Waals surface area contributed by atoms with Crippen molar-refractivity contribution in [1.82, 2.24) is 0 Å². The molecule has 2 rings (SSSR count). The Hall–Kier alpha value is -1.29. The molecule has 2 aromatic carbocycles. The molecule has 1 atom stereocenters. The molecule has 0 bridgehead atoms. The normalized spacial score (nSPS) is 13.9. The summed E-state index contributed by atoms with van der Waals surface area (Å²) in [6, 6.07) is 19.2. The maximum atomic E-state index is 6.59. The molecule has 0 spiro atoms. The second-order valence-corrected chi connectivity index (χ2v) is 7.39. The van der Waals surface area contributed by atoms with Crippen LogP contribution in [0.3, 0.4) is 0 Å². The summed E-state index contributed by atoms with van der Waals surface area (Å²) < 4.78 is 11.6. The highest BCUT2D eigenvalue weighted by molar-refractivity contribution is 7.20. The SMILES string of the molecule is CCO[Si](Cl)(Oc1ccccc1)c1ccccc1. The lowest BCUT2D eigenvalue weighted by molar-refractivity contribution is 0.284. The Labute approximate surface area is 113 Å². The minimum absolute atomic E-state index is 0.525. The third-order valence-corrected chi connectivity index (χ3v) is 5.84. The van der Waals surface area contributed by atoms with E-state index in [1.165, 1.54) is 0 Å². The van der Waals surface area contributed by atoms with Gasteiger partial charge < -0.3 is 8.85 Å². The van der Waals surface area contributed by atoms with Gasteiger partial charge in [-0.15, -0.1) is 0 Å². The van der Waals surface area contributed by atoms with Gasteiger partial charge in [0, 0.05) is 11.8 Å². The van der Waals surface area contributed by atoms with E-state index in [4.69, 9.17) is 19.9 Å². The monoisotopic (exact) mass is 278 g/mol. The first-order chi connectivity index (χ1) is 8.74. The van der Waals surface area contributed by atoms with Gasteiger partial charge in [-0.25, -0.2) is 0 Å². The largest absolute Gasteiger partial charge is 0.541 e. The van der Waals surface area contributed by atoms with Crippen LogP contribution in [0, 0.1) is 0 Å². The molecule has 0 aliphatic carbocycles. The highest BCUT2D eigenvalue weighted by Gasteiger charge is 2.40. The molecular formula is C14H15ClO2Si.